The number of hydrogen-bond donors (Lipinski definition) is 1. The number of ketones is 1. The van der Waals surface area contributed by atoms with E-state index >= 15 is 0 Å². The standard InChI is InChI=1S/C16H20N2O2/c1-4-12-5-7-13(8-6-12)18-16(20)14(10-17)15(19)9-11(2)3/h5-8,11,14H,4,9H2,1-3H3,(H,18,20). The van der Waals surface area contributed by atoms with E-state index < -0.39 is 11.8 Å². The van der Waals surface area contributed by atoms with Gasteiger partial charge in [0.1, 0.15) is 0 Å². The second-order valence-corrected chi connectivity index (χ2v) is 5.17. The minimum Gasteiger partial charge on any atom is -0.325 e. The van der Waals surface area contributed by atoms with Crippen molar-refractivity contribution in [3.8, 4) is 6.07 Å². The zero-order chi connectivity index (χ0) is 15.1. The molecule has 1 amide bonds. The maximum Gasteiger partial charge on any atom is 0.249 e. The summed E-state index contributed by atoms with van der Waals surface area (Å²) in [5, 5.41) is 11.6. The van der Waals surface area contributed by atoms with Crippen molar-refractivity contribution in [2.24, 2.45) is 11.8 Å². The van der Waals surface area contributed by atoms with Gasteiger partial charge in [-0.2, -0.15) is 5.26 Å². The SMILES string of the molecule is CCc1ccc(NC(=O)C(C#N)C(=O)CC(C)C)cc1. The van der Waals surface area contributed by atoms with Crippen LogP contribution in [0.3, 0.4) is 0 Å². The van der Waals surface area contributed by atoms with Crippen molar-refractivity contribution in [1.82, 2.24) is 0 Å². The number of anilines is 1. The lowest BCUT2D eigenvalue weighted by atomic mass is 9.96. The number of aryl methyl sites for hydroxylation is 1. The highest BCUT2D eigenvalue weighted by atomic mass is 16.2. The summed E-state index contributed by atoms with van der Waals surface area (Å²) >= 11 is 0. The maximum atomic E-state index is 12.0. The summed E-state index contributed by atoms with van der Waals surface area (Å²) in [7, 11) is 0. The molecule has 1 aromatic carbocycles. The molecule has 0 aliphatic carbocycles. The first-order valence-electron chi connectivity index (χ1n) is 6.80. The second-order valence-electron chi connectivity index (χ2n) is 5.17. The summed E-state index contributed by atoms with van der Waals surface area (Å²) in [6, 6.07) is 9.16. The molecule has 1 N–H and O–H groups in total. The van der Waals surface area contributed by atoms with Crippen LogP contribution in [0.4, 0.5) is 5.69 Å². The molecule has 0 saturated carbocycles. The van der Waals surface area contributed by atoms with Crippen molar-refractivity contribution in [1.29, 1.82) is 5.26 Å². The third-order valence-corrected chi connectivity index (χ3v) is 2.95. The number of carbonyl (C=O) groups excluding carboxylic acids is 2. The van der Waals surface area contributed by atoms with Crippen LogP contribution in [0, 0.1) is 23.2 Å². The quantitative estimate of drug-likeness (QED) is 0.809. The highest BCUT2D eigenvalue weighted by Crippen LogP contribution is 2.13. The fourth-order valence-corrected chi connectivity index (χ4v) is 1.84. The number of benzene rings is 1. The molecule has 0 aliphatic heterocycles. The van der Waals surface area contributed by atoms with Crippen molar-refractivity contribution in [2.45, 2.75) is 33.6 Å². The smallest absolute Gasteiger partial charge is 0.249 e. The van der Waals surface area contributed by atoms with Crippen LogP contribution < -0.4 is 5.32 Å². The Morgan fingerprint density at radius 2 is 1.85 bits per heavy atom. The lowest BCUT2D eigenvalue weighted by Crippen LogP contribution is -2.29. The number of nitrogens with zero attached hydrogens (tertiary/aromatic N) is 1. The molecule has 1 aromatic rings. The largest absolute Gasteiger partial charge is 0.325 e. The number of Topliss-reactive ketones (excluding diaryl/α,β-unsaturated/α-hetero) is 1. The molecule has 0 heterocycles. The molecule has 0 bridgehead atoms. The van der Waals surface area contributed by atoms with Crippen LogP contribution in [0.15, 0.2) is 24.3 Å². The van der Waals surface area contributed by atoms with E-state index in [0.29, 0.717) is 5.69 Å². The van der Waals surface area contributed by atoms with Crippen molar-refractivity contribution < 1.29 is 9.59 Å². The Morgan fingerprint density at radius 1 is 1.25 bits per heavy atom. The van der Waals surface area contributed by atoms with Crippen LogP contribution in [0.1, 0.15) is 32.8 Å². The van der Waals surface area contributed by atoms with Gasteiger partial charge >= 0.3 is 0 Å². The predicted octanol–water partition coefficient (Wildman–Crippen LogP) is 2.94. The molecule has 1 atom stereocenters. The van der Waals surface area contributed by atoms with Crippen LogP contribution in [0.2, 0.25) is 0 Å². The van der Waals surface area contributed by atoms with E-state index in [4.69, 9.17) is 5.26 Å². The van der Waals surface area contributed by atoms with Crippen LogP contribution in [0.25, 0.3) is 0 Å². The Morgan fingerprint density at radius 3 is 2.30 bits per heavy atom. The summed E-state index contributed by atoms with van der Waals surface area (Å²) in [5.41, 5.74) is 1.76. The maximum absolute atomic E-state index is 12.0. The van der Waals surface area contributed by atoms with Crippen LogP contribution >= 0.6 is 0 Å². The van der Waals surface area contributed by atoms with Crippen molar-refractivity contribution >= 4 is 17.4 Å². The average Bonchev–Trinajstić information content (AvgIpc) is 2.39. The zero-order valence-corrected chi connectivity index (χ0v) is 12.1. The number of carbonyl (C=O) groups is 2. The Bertz CT molecular complexity index is 512. The van der Waals surface area contributed by atoms with Gasteiger partial charge in [-0.1, -0.05) is 32.9 Å². The van der Waals surface area contributed by atoms with Gasteiger partial charge in [0.15, 0.2) is 11.7 Å². The Kier molecular flexibility index (Phi) is 5.92. The summed E-state index contributed by atoms with van der Waals surface area (Å²) in [5.74, 6) is -1.98. The number of rotatable bonds is 6. The fourth-order valence-electron chi connectivity index (χ4n) is 1.84. The molecule has 0 saturated heterocycles. The number of hydrogen-bond acceptors (Lipinski definition) is 3. The minimum atomic E-state index is -1.23. The molecular formula is C16H20N2O2. The summed E-state index contributed by atoms with van der Waals surface area (Å²) in [6.07, 6.45) is 1.16. The van der Waals surface area contributed by atoms with E-state index in [1.165, 1.54) is 0 Å². The molecule has 0 fully saturated rings. The number of amides is 1. The third-order valence-electron chi connectivity index (χ3n) is 2.95. The average molecular weight is 272 g/mol. The minimum absolute atomic E-state index is 0.134. The zero-order valence-electron chi connectivity index (χ0n) is 12.1. The molecule has 0 spiro atoms. The van der Waals surface area contributed by atoms with E-state index in [9.17, 15) is 9.59 Å². The van der Waals surface area contributed by atoms with E-state index in [2.05, 4.69) is 5.32 Å². The molecule has 0 aromatic heterocycles. The molecule has 106 valence electrons. The number of nitrogens with one attached hydrogen (secondary N) is 1. The molecule has 4 heteroatoms. The van der Waals surface area contributed by atoms with Gasteiger partial charge in [-0.15, -0.1) is 0 Å². The van der Waals surface area contributed by atoms with E-state index in [-0.39, 0.29) is 18.1 Å². The first-order chi connectivity index (χ1) is 9.47. The first kappa shape index (κ1) is 15.9. The Hall–Kier alpha value is -2.15. The number of nitriles is 1. The van der Waals surface area contributed by atoms with Gasteiger partial charge in [-0.25, -0.2) is 0 Å². The Balaban J connectivity index is 2.72. The lowest BCUT2D eigenvalue weighted by Gasteiger charge is -2.11. The lowest BCUT2D eigenvalue weighted by molar-refractivity contribution is -0.129. The van der Waals surface area contributed by atoms with Gasteiger partial charge in [0.05, 0.1) is 6.07 Å². The first-order valence-corrected chi connectivity index (χ1v) is 6.80. The summed E-state index contributed by atoms with van der Waals surface area (Å²) in [4.78, 5) is 23.8. The van der Waals surface area contributed by atoms with Gasteiger partial charge in [-0.05, 0) is 30.0 Å². The normalized spacial score (nSPS) is 11.8. The van der Waals surface area contributed by atoms with E-state index in [1.807, 2.05) is 32.9 Å². The topological polar surface area (TPSA) is 70.0 Å². The monoisotopic (exact) mass is 272 g/mol. The third kappa shape index (κ3) is 4.51. The van der Waals surface area contributed by atoms with Crippen molar-refractivity contribution in [3.05, 3.63) is 29.8 Å². The van der Waals surface area contributed by atoms with Gasteiger partial charge in [-0.3, -0.25) is 9.59 Å². The summed E-state index contributed by atoms with van der Waals surface area (Å²) < 4.78 is 0. The fraction of sp³-hybridized carbons (Fsp3) is 0.438. The van der Waals surface area contributed by atoms with Crippen LogP contribution in [-0.4, -0.2) is 11.7 Å². The van der Waals surface area contributed by atoms with Gasteiger partial charge in [0, 0.05) is 12.1 Å². The van der Waals surface area contributed by atoms with Gasteiger partial charge < -0.3 is 5.32 Å². The van der Waals surface area contributed by atoms with Crippen LogP contribution in [0.5, 0.6) is 0 Å². The van der Waals surface area contributed by atoms with E-state index in [1.54, 1.807) is 18.2 Å². The van der Waals surface area contributed by atoms with Crippen molar-refractivity contribution in [2.75, 3.05) is 5.32 Å². The summed E-state index contributed by atoms with van der Waals surface area (Å²) in [6.45, 7) is 5.81. The Labute approximate surface area is 119 Å². The molecule has 0 radical (unpaired) electrons. The van der Waals surface area contributed by atoms with Gasteiger partial charge in [0.25, 0.3) is 0 Å². The molecular weight excluding hydrogens is 252 g/mol. The highest BCUT2D eigenvalue weighted by molar-refractivity contribution is 6.09. The molecule has 20 heavy (non-hydrogen) atoms. The van der Waals surface area contributed by atoms with Crippen molar-refractivity contribution in [3.63, 3.8) is 0 Å². The van der Waals surface area contributed by atoms with Gasteiger partial charge in [0.2, 0.25) is 5.91 Å². The predicted molar refractivity (Wildman–Crippen MR) is 78.0 cm³/mol. The second kappa shape index (κ2) is 7.44. The molecule has 1 rings (SSSR count). The molecule has 1 unspecified atom stereocenters. The van der Waals surface area contributed by atoms with Crippen LogP contribution in [-0.2, 0) is 16.0 Å². The molecule has 0 aliphatic rings. The molecule has 4 nitrogen and oxygen atoms in total. The highest BCUT2D eigenvalue weighted by Gasteiger charge is 2.26. The van der Waals surface area contributed by atoms with E-state index in [0.717, 1.165) is 12.0 Å².